The zero-order valence-electron chi connectivity index (χ0n) is 9.60. The number of fused-ring (bicyclic) bond motifs is 3. The van der Waals surface area contributed by atoms with Crippen LogP contribution in [0.1, 0.15) is 0 Å². The fourth-order valence-electron chi connectivity index (χ4n) is 1.71. The Bertz CT molecular complexity index is 936. The highest BCUT2D eigenvalue weighted by Crippen LogP contribution is 2.18. The van der Waals surface area contributed by atoms with Crippen molar-refractivity contribution >= 4 is 34.6 Å². The van der Waals surface area contributed by atoms with Gasteiger partial charge in [0, 0.05) is 6.07 Å². The van der Waals surface area contributed by atoms with Crippen molar-refractivity contribution < 1.29 is 14.6 Å². The number of nitrogens with one attached hydrogen (secondary N) is 1. The molecule has 20 heavy (non-hydrogen) atoms. The van der Waals surface area contributed by atoms with Gasteiger partial charge in [0.2, 0.25) is 0 Å². The van der Waals surface area contributed by atoms with E-state index in [-0.39, 0.29) is 10.3 Å². The predicted octanol–water partition coefficient (Wildman–Crippen LogP) is -0.295. The molecule has 0 fully saturated rings. The number of aromatic nitrogens is 4. The molecular formula is C10H5N5O4S. The molecule has 0 aliphatic carbocycles. The largest absolute Gasteiger partial charge is 0.289 e. The Kier molecular flexibility index (Phi) is 3.14. The molecule has 10 heteroatoms. The van der Waals surface area contributed by atoms with E-state index in [1.807, 2.05) is 0 Å². The third-order valence-electron chi connectivity index (χ3n) is 2.55. The number of benzene rings is 1. The summed E-state index contributed by atoms with van der Waals surface area (Å²) in [6.07, 6.45) is 1.41. The van der Waals surface area contributed by atoms with Crippen LogP contribution in [0.15, 0.2) is 28.0 Å². The minimum Gasteiger partial charge on any atom is -0.289 e. The molecule has 0 bridgehead atoms. The van der Waals surface area contributed by atoms with Crippen molar-refractivity contribution in [3.05, 3.63) is 33.8 Å². The molecule has 0 spiro atoms. The lowest BCUT2D eigenvalue weighted by molar-refractivity contribution is -0.432. The molecule has 0 radical (unpaired) electrons. The summed E-state index contributed by atoms with van der Waals surface area (Å²) < 4.78 is 5.63. The van der Waals surface area contributed by atoms with Gasteiger partial charge in [0.15, 0.2) is 11.1 Å². The van der Waals surface area contributed by atoms with E-state index in [1.165, 1.54) is 22.8 Å². The average Bonchev–Trinajstić information content (AvgIpc) is 2.88. The first kappa shape index (κ1) is 12.7. The van der Waals surface area contributed by atoms with Crippen molar-refractivity contribution in [1.29, 1.82) is 5.41 Å². The third-order valence-corrected chi connectivity index (χ3v) is 3.18. The lowest BCUT2D eigenvalue weighted by atomic mass is 10.3. The molecular weight excluding hydrogens is 286 g/mol. The van der Waals surface area contributed by atoms with Gasteiger partial charge in [0.05, 0.1) is 28.7 Å². The minimum atomic E-state index is -0.357. The molecule has 100 valence electrons. The molecule has 0 unspecified atom stereocenters. The highest BCUT2D eigenvalue weighted by molar-refractivity contribution is 7.94. The van der Waals surface area contributed by atoms with Crippen LogP contribution in [0.25, 0.3) is 16.7 Å². The van der Waals surface area contributed by atoms with Crippen LogP contribution in [0.2, 0.25) is 0 Å². The molecule has 0 amide bonds. The molecule has 0 saturated carbocycles. The predicted molar refractivity (Wildman–Crippen MR) is 67.3 cm³/mol. The van der Waals surface area contributed by atoms with E-state index in [2.05, 4.69) is 30.5 Å². The SMILES string of the molecule is N=C=c1cnn2c1nnc1cc(SOOO)c(=O)cc12. The van der Waals surface area contributed by atoms with Crippen LogP contribution in [-0.4, -0.2) is 30.9 Å². The van der Waals surface area contributed by atoms with Gasteiger partial charge in [0.1, 0.15) is 10.7 Å². The van der Waals surface area contributed by atoms with Crippen molar-refractivity contribution in [2.24, 2.45) is 0 Å². The van der Waals surface area contributed by atoms with E-state index < -0.39 is 0 Å². The van der Waals surface area contributed by atoms with Crippen LogP contribution in [0.5, 0.6) is 0 Å². The smallest absolute Gasteiger partial charge is 0.196 e. The Balaban J connectivity index is 2.31. The third kappa shape index (κ3) is 1.93. The van der Waals surface area contributed by atoms with Crippen molar-refractivity contribution in [2.75, 3.05) is 0 Å². The summed E-state index contributed by atoms with van der Waals surface area (Å²) in [6, 6.07) is 2.74. The van der Waals surface area contributed by atoms with Gasteiger partial charge in [0.25, 0.3) is 0 Å². The monoisotopic (exact) mass is 291 g/mol. The second-order valence-electron chi connectivity index (χ2n) is 3.63. The average molecular weight is 291 g/mol. The summed E-state index contributed by atoms with van der Waals surface area (Å²) in [7, 11) is 0. The topological polar surface area (TPSA) is 123 Å². The van der Waals surface area contributed by atoms with Gasteiger partial charge < -0.3 is 0 Å². The van der Waals surface area contributed by atoms with Crippen LogP contribution >= 0.6 is 12.0 Å². The molecule has 0 aliphatic rings. The lowest BCUT2D eigenvalue weighted by Crippen LogP contribution is -2.09. The van der Waals surface area contributed by atoms with E-state index in [4.69, 9.17) is 10.7 Å². The van der Waals surface area contributed by atoms with Crippen LogP contribution in [-0.2, 0) is 9.37 Å². The van der Waals surface area contributed by atoms with E-state index in [9.17, 15) is 4.79 Å². The Labute approximate surface area is 114 Å². The van der Waals surface area contributed by atoms with Crippen LogP contribution in [0, 0.1) is 5.41 Å². The summed E-state index contributed by atoms with van der Waals surface area (Å²) in [5.41, 5.74) is 0.823. The second-order valence-corrected chi connectivity index (χ2v) is 4.37. The Morgan fingerprint density at radius 1 is 1.40 bits per heavy atom. The Morgan fingerprint density at radius 3 is 3.00 bits per heavy atom. The van der Waals surface area contributed by atoms with Crippen molar-refractivity contribution in [2.45, 2.75) is 4.90 Å². The van der Waals surface area contributed by atoms with Gasteiger partial charge >= 0.3 is 0 Å². The lowest BCUT2D eigenvalue weighted by Gasteiger charge is -2.01. The molecule has 3 aromatic rings. The summed E-state index contributed by atoms with van der Waals surface area (Å²) in [4.78, 5) is 12.1. The maximum atomic E-state index is 11.9. The molecule has 9 nitrogen and oxygen atoms in total. The molecule has 0 atom stereocenters. The first-order valence-corrected chi connectivity index (χ1v) is 5.91. The fraction of sp³-hybridized carbons (Fsp3) is 0. The van der Waals surface area contributed by atoms with E-state index in [0.29, 0.717) is 33.9 Å². The van der Waals surface area contributed by atoms with Crippen LogP contribution < -0.4 is 10.6 Å². The molecule has 0 saturated heterocycles. The van der Waals surface area contributed by atoms with Gasteiger partial charge in [-0.25, -0.2) is 9.77 Å². The molecule has 2 aromatic heterocycles. The van der Waals surface area contributed by atoms with Gasteiger partial charge in [-0.15, -0.1) is 14.5 Å². The normalized spacial score (nSPS) is 11.1. The van der Waals surface area contributed by atoms with Gasteiger partial charge in [-0.2, -0.15) is 5.10 Å². The van der Waals surface area contributed by atoms with Crippen LogP contribution in [0.4, 0.5) is 0 Å². The minimum absolute atomic E-state index is 0.172. The van der Waals surface area contributed by atoms with Crippen molar-refractivity contribution in [3.63, 3.8) is 0 Å². The maximum Gasteiger partial charge on any atom is 0.196 e. The standard InChI is InChI=1S/C10H5N5O4S/c11-3-5-4-12-15-7-2-8(16)9(20-19-18-17)1-6(7)13-14-10(5)15/h1-2,4,11,17H. The number of hydrogen-bond donors (Lipinski definition) is 2. The zero-order valence-corrected chi connectivity index (χ0v) is 10.4. The van der Waals surface area contributed by atoms with E-state index in [0.717, 1.165) is 0 Å². The highest BCUT2D eigenvalue weighted by atomic mass is 32.2. The van der Waals surface area contributed by atoms with Crippen molar-refractivity contribution in [1.82, 2.24) is 19.8 Å². The highest BCUT2D eigenvalue weighted by Gasteiger charge is 2.10. The Morgan fingerprint density at radius 2 is 2.25 bits per heavy atom. The van der Waals surface area contributed by atoms with Crippen LogP contribution in [0.3, 0.4) is 0 Å². The maximum absolute atomic E-state index is 11.9. The molecule has 1 aromatic carbocycles. The van der Waals surface area contributed by atoms with Gasteiger partial charge in [-0.3, -0.25) is 10.2 Å². The molecule has 0 aliphatic heterocycles. The van der Waals surface area contributed by atoms with E-state index >= 15 is 0 Å². The summed E-state index contributed by atoms with van der Waals surface area (Å²) in [6.45, 7) is 0. The summed E-state index contributed by atoms with van der Waals surface area (Å²) in [5.74, 6) is 2.19. The Hall–Kier alpha value is -2.36. The molecule has 3 rings (SSSR count). The quantitative estimate of drug-likeness (QED) is 0.292. The summed E-state index contributed by atoms with van der Waals surface area (Å²) >= 11 is 0.552. The number of rotatable bonds is 3. The molecule has 2 heterocycles. The zero-order chi connectivity index (χ0) is 14.1. The number of nitrogens with zero attached hydrogens (tertiary/aromatic N) is 4. The summed E-state index contributed by atoms with van der Waals surface area (Å²) in [5, 5.41) is 30.9. The fourth-order valence-corrected chi connectivity index (χ4v) is 2.11. The second kappa shape index (κ2) is 4.96. The van der Waals surface area contributed by atoms with E-state index in [1.54, 1.807) is 0 Å². The molecule has 2 N–H and O–H groups in total. The first-order chi connectivity index (χ1) is 9.74. The van der Waals surface area contributed by atoms with Gasteiger partial charge in [-0.1, -0.05) is 5.04 Å². The van der Waals surface area contributed by atoms with Crippen molar-refractivity contribution in [3.8, 4) is 0 Å². The number of hydrogen-bond acceptors (Lipinski definition) is 9. The first-order valence-electron chi connectivity index (χ1n) is 5.17. The van der Waals surface area contributed by atoms with Gasteiger partial charge in [-0.05, 0) is 11.9 Å².